The highest BCUT2D eigenvalue weighted by atomic mass is 15.1. The second kappa shape index (κ2) is 7.42. The summed E-state index contributed by atoms with van der Waals surface area (Å²) in [6, 6.07) is 7.40. The van der Waals surface area contributed by atoms with Gasteiger partial charge < -0.3 is 10.2 Å². The highest BCUT2D eigenvalue weighted by Crippen LogP contribution is 2.18. The third kappa shape index (κ3) is 5.09. The molecule has 0 aliphatic rings. The van der Waals surface area contributed by atoms with E-state index in [9.17, 15) is 0 Å². The average molecular weight is 248 g/mol. The van der Waals surface area contributed by atoms with Crippen LogP contribution in [0.1, 0.15) is 37.3 Å². The van der Waals surface area contributed by atoms with Gasteiger partial charge in [0.05, 0.1) is 0 Å². The van der Waals surface area contributed by atoms with Crippen LogP contribution in [0.4, 0.5) is 5.69 Å². The molecule has 0 fully saturated rings. The summed E-state index contributed by atoms with van der Waals surface area (Å²) < 4.78 is 0. The maximum absolute atomic E-state index is 3.29. The van der Waals surface area contributed by atoms with E-state index in [1.807, 2.05) is 7.05 Å². The molecule has 0 saturated heterocycles. The first-order valence-corrected chi connectivity index (χ1v) is 6.99. The van der Waals surface area contributed by atoms with E-state index in [0.717, 1.165) is 6.54 Å². The lowest BCUT2D eigenvalue weighted by Crippen LogP contribution is -2.22. The molecule has 18 heavy (non-hydrogen) atoms. The summed E-state index contributed by atoms with van der Waals surface area (Å²) in [4.78, 5) is 2.37. The summed E-state index contributed by atoms with van der Waals surface area (Å²) in [5.74, 6) is 0. The molecule has 2 heteroatoms. The Morgan fingerprint density at radius 3 is 2.28 bits per heavy atom. The SMILES string of the molecule is CNC(C)CCCCN(C)c1cc(C)cc(C)c1. The zero-order valence-electron chi connectivity index (χ0n) is 12.6. The maximum atomic E-state index is 3.29. The molecule has 1 atom stereocenters. The fourth-order valence-electron chi connectivity index (χ4n) is 2.24. The van der Waals surface area contributed by atoms with Crippen LogP contribution in [-0.4, -0.2) is 26.7 Å². The molecule has 0 aromatic heterocycles. The van der Waals surface area contributed by atoms with E-state index in [0.29, 0.717) is 6.04 Å². The van der Waals surface area contributed by atoms with Crippen molar-refractivity contribution in [3.05, 3.63) is 29.3 Å². The van der Waals surface area contributed by atoms with E-state index in [1.54, 1.807) is 0 Å². The van der Waals surface area contributed by atoms with Crippen LogP contribution in [0.15, 0.2) is 18.2 Å². The van der Waals surface area contributed by atoms with Crippen molar-refractivity contribution < 1.29 is 0 Å². The number of rotatable bonds is 7. The summed E-state index contributed by atoms with van der Waals surface area (Å²) in [5, 5.41) is 3.29. The molecule has 102 valence electrons. The van der Waals surface area contributed by atoms with Crippen LogP contribution in [-0.2, 0) is 0 Å². The summed E-state index contributed by atoms with van der Waals surface area (Å²) in [6.07, 6.45) is 3.81. The van der Waals surface area contributed by atoms with Gasteiger partial charge in [-0.2, -0.15) is 0 Å². The van der Waals surface area contributed by atoms with Crippen molar-refractivity contribution >= 4 is 5.69 Å². The Kier molecular flexibility index (Phi) is 6.20. The van der Waals surface area contributed by atoms with E-state index in [4.69, 9.17) is 0 Å². The highest BCUT2D eigenvalue weighted by molar-refractivity contribution is 5.50. The monoisotopic (exact) mass is 248 g/mol. The van der Waals surface area contributed by atoms with Crippen molar-refractivity contribution in [1.82, 2.24) is 5.32 Å². The van der Waals surface area contributed by atoms with Gasteiger partial charge in [0.2, 0.25) is 0 Å². The molecule has 1 aromatic carbocycles. The largest absolute Gasteiger partial charge is 0.375 e. The molecule has 0 aliphatic carbocycles. The standard InChI is InChI=1S/C16H28N2/c1-13-10-14(2)12-16(11-13)18(5)9-7-6-8-15(3)17-4/h10-12,15,17H,6-9H2,1-5H3. The molecule has 1 rings (SSSR count). The molecular weight excluding hydrogens is 220 g/mol. The number of aryl methyl sites for hydroxylation is 2. The molecule has 1 aromatic rings. The molecule has 0 heterocycles. The van der Waals surface area contributed by atoms with E-state index in [1.165, 1.54) is 36.1 Å². The minimum Gasteiger partial charge on any atom is -0.375 e. The predicted molar refractivity (Wildman–Crippen MR) is 81.6 cm³/mol. The van der Waals surface area contributed by atoms with Gasteiger partial charge in [0, 0.05) is 25.3 Å². The second-order valence-corrected chi connectivity index (χ2v) is 5.45. The molecule has 0 amide bonds. The Hall–Kier alpha value is -1.02. The quantitative estimate of drug-likeness (QED) is 0.743. The third-order valence-corrected chi connectivity index (χ3v) is 3.52. The number of nitrogens with zero attached hydrogens (tertiary/aromatic N) is 1. The van der Waals surface area contributed by atoms with E-state index >= 15 is 0 Å². The van der Waals surface area contributed by atoms with Crippen LogP contribution in [0.2, 0.25) is 0 Å². The number of anilines is 1. The van der Waals surface area contributed by atoms with Gasteiger partial charge in [0.1, 0.15) is 0 Å². The highest BCUT2D eigenvalue weighted by Gasteiger charge is 2.03. The summed E-state index contributed by atoms with van der Waals surface area (Å²) >= 11 is 0. The van der Waals surface area contributed by atoms with Gasteiger partial charge in [0.25, 0.3) is 0 Å². The van der Waals surface area contributed by atoms with Gasteiger partial charge in [0.15, 0.2) is 0 Å². The first kappa shape index (κ1) is 15.0. The van der Waals surface area contributed by atoms with Crippen LogP contribution in [0, 0.1) is 13.8 Å². The van der Waals surface area contributed by atoms with Crippen LogP contribution in [0.5, 0.6) is 0 Å². The number of benzene rings is 1. The van der Waals surface area contributed by atoms with Gasteiger partial charge in [-0.05, 0) is 63.9 Å². The number of unbranched alkanes of at least 4 members (excludes halogenated alkanes) is 1. The summed E-state index contributed by atoms with van der Waals surface area (Å²) in [7, 11) is 4.22. The van der Waals surface area contributed by atoms with E-state index in [2.05, 4.69) is 56.2 Å². The van der Waals surface area contributed by atoms with Crippen molar-refractivity contribution in [1.29, 1.82) is 0 Å². The lowest BCUT2D eigenvalue weighted by molar-refractivity contribution is 0.528. The average Bonchev–Trinajstić information content (AvgIpc) is 2.32. The minimum absolute atomic E-state index is 0.636. The van der Waals surface area contributed by atoms with Gasteiger partial charge >= 0.3 is 0 Å². The van der Waals surface area contributed by atoms with Crippen molar-refractivity contribution in [2.75, 3.05) is 25.5 Å². The lowest BCUT2D eigenvalue weighted by Gasteiger charge is -2.21. The molecule has 0 radical (unpaired) electrons. The first-order chi connectivity index (χ1) is 8.52. The molecular formula is C16H28N2. The zero-order valence-corrected chi connectivity index (χ0v) is 12.6. The van der Waals surface area contributed by atoms with Gasteiger partial charge in [-0.25, -0.2) is 0 Å². The van der Waals surface area contributed by atoms with Gasteiger partial charge in [-0.3, -0.25) is 0 Å². The fourth-order valence-corrected chi connectivity index (χ4v) is 2.24. The van der Waals surface area contributed by atoms with E-state index < -0.39 is 0 Å². The number of hydrogen-bond acceptors (Lipinski definition) is 2. The normalized spacial score (nSPS) is 12.5. The Labute approximate surface area is 112 Å². The fraction of sp³-hybridized carbons (Fsp3) is 0.625. The molecule has 0 bridgehead atoms. The minimum atomic E-state index is 0.636. The third-order valence-electron chi connectivity index (χ3n) is 3.52. The van der Waals surface area contributed by atoms with Gasteiger partial charge in [-0.15, -0.1) is 0 Å². The van der Waals surface area contributed by atoms with Crippen LogP contribution < -0.4 is 10.2 Å². The zero-order chi connectivity index (χ0) is 13.5. The Bertz CT molecular complexity index is 340. The molecule has 0 spiro atoms. The molecule has 2 nitrogen and oxygen atoms in total. The smallest absolute Gasteiger partial charge is 0.0368 e. The van der Waals surface area contributed by atoms with Gasteiger partial charge in [-0.1, -0.05) is 12.5 Å². The second-order valence-electron chi connectivity index (χ2n) is 5.45. The van der Waals surface area contributed by atoms with Crippen LogP contribution in [0.25, 0.3) is 0 Å². The van der Waals surface area contributed by atoms with Crippen LogP contribution >= 0.6 is 0 Å². The van der Waals surface area contributed by atoms with Crippen molar-refractivity contribution in [3.8, 4) is 0 Å². The predicted octanol–water partition coefficient (Wildman–Crippen LogP) is 3.52. The lowest BCUT2D eigenvalue weighted by atomic mass is 10.1. The van der Waals surface area contributed by atoms with Crippen LogP contribution in [0.3, 0.4) is 0 Å². The van der Waals surface area contributed by atoms with Crippen molar-refractivity contribution in [3.63, 3.8) is 0 Å². The van der Waals surface area contributed by atoms with Crippen molar-refractivity contribution in [2.24, 2.45) is 0 Å². The number of hydrogen-bond donors (Lipinski definition) is 1. The van der Waals surface area contributed by atoms with E-state index in [-0.39, 0.29) is 0 Å². The Balaban J connectivity index is 2.38. The summed E-state index contributed by atoms with van der Waals surface area (Å²) in [5.41, 5.74) is 4.04. The molecule has 0 saturated carbocycles. The van der Waals surface area contributed by atoms with Crippen molar-refractivity contribution in [2.45, 2.75) is 46.1 Å². The number of nitrogens with one attached hydrogen (secondary N) is 1. The molecule has 1 N–H and O–H groups in total. The Morgan fingerprint density at radius 2 is 1.72 bits per heavy atom. The Morgan fingerprint density at radius 1 is 1.11 bits per heavy atom. The maximum Gasteiger partial charge on any atom is 0.0368 e. The first-order valence-electron chi connectivity index (χ1n) is 6.99. The molecule has 0 aliphatic heterocycles. The topological polar surface area (TPSA) is 15.3 Å². The summed E-state index contributed by atoms with van der Waals surface area (Å²) in [6.45, 7) is 7.71. The molecule has 1 unspecified atom stereocenters.